The molecular weight excluding hydrogens is 244 g/mol. The van der Waals surface area contributed by atoms with Gasteiger partial charge in [0, 0.05) is 5.56 Å². The van der Waals surface area contributed by atoms with Crippen molar-refractivity contribution in [2.45, 2.75) is 26.7 Å². The molecule has 0 radical (unpaired) electrons. The van der Waals surface area contributed by atoms with Gasteiger partial charge in [0.15, 0.2) is 5.78 Å². The molecule has 0 aliphatic rings. The van der Waals surface area contributed by atoms with Gasteiger partial charge in [-0.25, -0.2) is 4.79 Å². The van der Waals surface area contributed by atoms with Gasteiger partial charge in [-0.2, -0.15) is 0 Å². The Morgan fingerprint density at radius 2 is 1.68 bits per heavy atom. The number of hydrogen-bond acceptors (Lipinski definition) is 4. The minimum atomic E-state index is -0.982. The highest BCUT2D eigenvalue weighted by molar-refractivity contribution is 6.38. The number of ketones is 2. The normalized spacial score (nSPS) is 10.3. The van der Waals surface area contributed by atoms with Gasteiger partial charge in [0.1, 0.15) is 0 Å². The Balaban J connectivity index is 2.68. The van der Waals surface area contributed by atoms with Gasteiger partial charge in [-0.1, -0.05) is 38.1 Å². The zero-order valence-electron chi connectivity index (χ0n) is 11.4. The lowest BCUT2D eigenvalue weighted by Crippen LogP contribution is -2.19. The number of ether oxygens (including phenoxy) is 1. The fourth-order valence-corrected chi connectivity index (χ4v) is 1.73. The van der Waals surface area contributed by atoms with Crippen LogP contribution >= 0.6 is 0 Å². The van der Waals surface area contributed by atoms with Crippen molar-refractivity contribution in [2.24, 2.45) is 5.92 Å². The van der Waals surface area contributed by atoms with Crippen LogP contribution in [0.25, 0.3) is 0 Å². The number of carbonyl (C=O) groups excluding carboxylic acids is 3. The van der Waals surface area contributed by atoms with Crippen molar-refractivity contribution < 1.29 is 19.1 Å². The van der Waals surface area contributed by atoms with Gasteiger partial charge in [-0.15, -0.1) is 0 Å². The maximum Gasteiger partial charge on any atom is 0.374 e. The van der Waals surface area contributed by atoms with Crippen LogP contribution in [0.4, 0.5) is 0 Å². The maximum absolute atomic E-state index is 11.8. The first-order valence-corrected chi connectivity index (χ1v) is 6.17. The fourth-order valence-electron chi connectivity index (χ4n) is 1.73. The van der Waals surface area contributed by atoms with E-state index in [1.807, 2.05) is 12.1 Å². The summed E-state index contributed by atoms with van der Waals surface area (Å²) in [5.41, 5.74) is 1.58. The largest absolute Gasteiger partial charge is 0.463 e. The highest BCUT2D eigenvalue weighted by atomic mass is 16.5. The van der Waals surface area contributed by atoms with E-state index < -0.39 is 18.2 Å². The van der Waals surface area contributed by atoms with Gasteiger partial charge in [-0.3, -0.25) is 9.59 Å². The number of rotatable bonds is 6. The van der Waals surface area contributed by atoms with E-state index in [1.165, 1.54) is 0 Å². The molecule has 0 fully saturated rings. The SMILES string of the molecule is COC(=O)C(=O)CC(=O)c1ccc(CC(C)C)cc1. The van der Waals surface area contributed by atoms with Crippen molar-refractivity contribution in [3.05, 3.63) is 35.4 Å². The predicted octanol–water partition coefficient (Wildman–Crippen LogP) is 2.20. The predicted molar refractivity (Wildman–Crippen MR) is 71.0 cm³/mol. The molecule has 0 aliphatic carbocycles. The van der Waals surface area contributed by atoms with Crippen molar-refractivity contribution in [3.8, 4) is 0 Å². The molecule has 0 atom stereocenters. The molecule has 4 heteroatoms. The second-order valence-electron chi connectivity index (χ2n) is 4.81. The van der Waals surface area contributed by atoms with E-state index >= 15 is 0 Å². The van der Waals surface area contributed by atoms with E-state index in [4.69, 9.17) is 0 Å². The van der Waals surface area contributed by atoms with Crippen molar-refractivity contribution in [2.75, 3.05) is 7.11 Å². The molecule has 1 aromatic rings. The molecule has 1 aromatic carbocycles. The standard InChI is InChI=1S/C15H18O4/c1-10(2)8-11-4-6-12(7-5-11)13(16)9-14(17)15(18)19-3/h4-7,10H,8-9H2,1-3H3. The number of benzene rings is 1. The minimum absolute atomic E-state index is 0.369. The molecule has 1 rings (SSSR count). The Hall–Kier alpha value is -1.97. The summed E-state index contributed by atoms with van der Waals surface area (Å²) < 4.78 is 4.27. The van der Waals surface area contributed by atoms with E-state index in [2.05, 4.69) is 18.6 Å². The number of esters is 1. The first kappa shape index (κ1) is 15.1. The first-order chi connectivity index (χ1) is 8.93. The summed E-state index contributed by atoms with van der Waals surface area (Å²) in [4.78, 5) is 34.0. The molecule has 19 heavy (non-hydrogen) atoms. The summed E-state index contributed by atoms with van der Waals surface area (Å²) in [6.07, 6.45) is 0.492. The average molecular weight is 262 g/mol. The maximum atomic E-state index is 11.8. The van der Waals surface area contributed by atoms with E-state index in [9.17, 15) is 14.4 Å². The lowest BCUT2D eigenvalue weighted by molar-refractivity contribution is -0.151. The van der Waals surface area contributed by atoms with E-state index in [1.54, 1.807) is 12.1 Å². The van der Waals surface area contributed by atoms with E-state index in [0.717, 1.165) is 19.1 Å². The van der Waals surface area contributed by atoms with Crippen molar-refractivity contribution in [1.29, 1.82) is 0 Å². The number of hydrogen-bond donors (Lipinski definition) is 0. The van der Waals surface area contributed by atoms with Crippen LogP contribution in [0.3, 0.4) is 0 Å². The summed E-state index contributed by atoms with van der Waals surface area (Å²) in [5, 5.41) is 0. The first-order valence-electron chi connectivity index (χ1n) is 6.17. The number of methoxy groups -OCH3 is 1. The van der Waals surface area contributed by atoms with Crippen molar-refractivity contribution >= 4 is 17.5 Å². The second kappa shape index (κ2) is 6.83. The average Bonchev–Trinajstić information content (AvgIpc) is 2.37. The monoisotopic (exact) mass is 262 g/mol. The molecule has 102 valence electrons. The van der Waals surface area contributed by atoms with Crippen LogP contribution in [-0.4, -0.2) is 24.6 Å². The van der Waals surface area contributed by atoms with Crippen LogP contribution in [-0.2, 0) is 20.7 Å². The molecule has 0 N–H and O–H groups in total. The fraction of sp³-hybridized carbons (Fsp3) is 0.400. The summed E-state index contributed by atoms with van der Waals surface area (Å²) in [5.74, 6) is -1.63. The number of carbonyl (C=O) groups is 3. The lowest BCUT2D eigenvalue weighted by atomic mass is 9.99. The van der Waals surface area contributed by atoms with Crippen LogP contribution in [0.1, 0.15) is 36.2 Å². The Labute approximate surface area is 112 Å². The van der Waals surface area contributed by atoms with Gasteiger partial charge in [0.2, 0.25) is 5.78 Å². The molecule has 0 spiro atoms. The lowest BCUT2D eigenvalue weighted by Gasteiger charge is -2.05. The van der Waals surface area contributed by atoms with Crippen LogP contribution in [0, 0.1) is 5.92 Å². The smallest absolute Gasteiger partial charge is 0.374 e. The van der Waals surface area contributed by atoms with Gasteiger partial charge >= 0.3 is 5.97 Å². The summed E-state index contributed by atoms with van der Waals surface area (Å²) in [6, 6.07) is 7.11. The molecule has 0 saturated heterocycles. The third kappa shape index (κ3) is 4.66. The molecule has 0 saturated carbocycles. The molecule has 0 heterocycles. The van der Waals surface area contributed by atoms with Gasteiger partial charge in [0.25, 0.3) is 0 Å². The Morgan fingerprint density at radius 1 is 1.11 bits per heavy atom. The molecular formula is C15H18O4. The molecule has 4 nitrogen and oxygen atoms in total. The topological polar surface area (TPSA) is 60.4 Å². The highest BCUT2D eigenvalue weighted by Crippen LogP contribution is 2.11. The Bertz CT molecular complexity index is 471. The molecule has 0 aliphatic heterocycles. The van der Waals surface area contributed by atoms with Crippen LogP contribution in [0.15, 0.2) is 24.3 Å². The molecule has 0 amide bonds. The van der Waals surface area contributed by atoms with Gasteiger partial charge in [-0.05, 0) is 17.9 Å². The van der Waals surface area contributed by atoms with Crippen molar-refractivity contribution in [3.63, 3.8) is 0 Å². The molecule has 0 unspecified atom stereocenters. The van der Waals surface area contributed by atoms with E-state index in [0.29, 0.717) is 11.5 Å². The highest BCUT2D eigenvalue weighted by Gasteiger charge is 2.19. The Morgan fingerprint density at radius 3 is 2.16 bits per heavy atom. The third-order valence-corrected chi connectivity index (χ3v) is 2.65. The quantitative estimate of drug-likeness (QED) is 0.341. The van der Waals surface area contributed by atoms with Gasteiger partial charge in [0.05, 0.1) is 13.5 Å². The van der Waals surface area contributed by atoms with Crippen LogP contribution < -0.4 is 0 Å². The Kier molecular flexibility index (Phi) is 5.42. The minimum Gasteiger partial charge on any atom is -0.463 e. The summed E-state index contributed by atoms with van der Waals surface area (Å²) in [6.45, 7) is 4.24. The summed E-state index contributed by atoms with van der Waals surface area (Å²) >= 11 is 0. The molecule has 0 aromatic heterocycles. The van der Waals surface area contributed by atoms with Crippen LogP contribution in [0.2, 0.25) is 0 Å². The van der Waals surface area contributed by atoms with Crippen LogP contribution in [0.5, 0.6) is 0 Å². The number of Topliss-reactive ketones (excluding diaryl/α,β-unsaturated/α-hetero) is 2. The second-order valence-corrected chi connectivity index (χ2v) is 4.81. The zero-order chi connectivity index (χ0) is 14.4. The van der Waals surface area contributed by atoms with Gasteiger partial charge < -0.3 is 4.74 Å². The summed E-state index contributed by atoms with van der Waals surface area (Å²) in [7, 11) is 1.12. The van der Waals surface area contributed by atoms with E-state index in [-0.39, 0.29) is 5.78 Å². The molecule has 0 bridgehead atoms. The zero-order valence-corrected chi connectivity index (χ0v) is 11.4. The van der Waals surface area contributed by atoms with Crippen molar-refractivity contribution in [1.82, 2.24) is 0 Å². The third-order valence-electron chi connectivity index (χ3n) is 2.65.